The predicted octanol–water partition coefficient (Wildman–Crippen LogP) is 3.94. The van der Waals surface area contributed by atoms with Crippen molar-refractivity contribution in [3.05, 3.63) is 58.1 Å². The lowest BCUT2D eigenvalue weighted by Crippen LogP contribution is -2.13. The number of benzene rings is 2. The summed E-state index contributed by atoms with van der Waals surface area (Å²) in [6.45, 7) is 1.87. The molecule has 3 rings (SSSR count). The second kappa shape index (κ2) is 5.35. The van der Waals surface area contributed by atoms with E-state index in [2.05, 4.69) is 4.72 Å². The topological polar surface area (TPSA) is 46.2 Å². The van der Waals surface area contributed by atoms with E-state index in [1.165, 1.54) is 17.2 Å². The number of aryl methyl sites for hydroxylation is 3. The lowest BCUT2D eigenvalue weighted by Gasteiger charge is -2.11. The van der Waals surface area contributed by atoms with E-state index in [9.17, 15) is 8.42 Å². The highest BCUT2D eigenvalue weighted by Gasteiger charge is 2.19. The van der Waals surface area contributed by atoms with Crippen LogP contribution in [0, 0.1) is 6.92 Å². The van der Waals surface area contributed by atoms with Gasteiger partial charge >= 0.3 is 0 Å². The summed E-state index contributed by atoms with van der Waals surface area (Å²) in [6, 6.07) is 10.7. The van der Waals surface area contributed by atoms with E-state index in [1.807, 2.05) is 25.1 Å². The molecule has 0 unspecified atom stereocenters. The normalized spacial score (nSPS) is 14.0. The van der Waals surface area contributed by atoms with Crippen molar-refractivity contribution < 1.29 is 8.42 Å². The van der Waals surface area contributed by atoms with Crippen LogP contribution in [0.4, 0.5) is 5.69 Å². The molecule has 0 saturated heterocycles. The molecule has 0 fully saturated rings. The standard InChI is InChI=1S/C16H16ClNO2S/c1-11-5-8-16(15(17)9-11)21(19,20)18-14-7-6-12-3-2-4-13(12)10-14/h5-10,18H,2-4H2,1H3. The maximum Gasteiger partial charge on any atom is 0.263 e. The summed E-state index contributed by atoms with van der Waals surface area (Å²) in [5, 5.41) is 0.240. The average Bonchev–Trinajstić information content (AvgIpc) is 2.85. The molecule has 0 aromatic heterocycles. The Hall–Kier alpha value is -1.52. The quantitative estimate of drug-likeness (QED) is 0.930. The van der Waals surface area contributed by atoms with E-state index in [4.69, 9.17) is 11.6 Å². The molecular formula is C16H16ClNO2S. The molecule has 1 aliphatic rings. The second-order valence-corrected chi connectivity index (χ2v) is 7.43. The first-order chi connectivity index (χ1) is 9.95. The Morgan fingerprint density at radius 3 is 2.57 bits per heavy atom. The van der Waals surface area contributed by atoms with Crippen LogP contribution in [0.3, 0.4) is 0 Å². The molecule has 0 amide bonds. The molecule has 2 aromatic rings. The monoisotopic (exact) mass is 321 g/mol. The predicted molar refractivity (Wildman–Crippen MR) is 85.5 cm³/mol. The van der Waals surface area contributed by atoms with Gasteiger partial charge < -0.3 is 0 Å². The Morgan fingerprint density at radius 2 is 1.81 bits per heavy atom. The summed E-state index contributed by atoms with van der Waals surface area (Å²) in [5.74, 6) is 0. The minimum absolute atomic E-state index is 0.107. The van der Waals surface area contributed by atoms with Crippen LogP contribution in [0.1, 0.15) is 23.1 Å². The average molecular weight is 322 g/mol. The van der Waals surface area contributed by atoms with Crippen molar-refractivity contribution in [3.8, 4) is 0 Å². The summed E-state index contributed by atoms with van der Waals surface area (Å²) < 4.78 is 27.5. The van der Waals surface area contributed by atoms with Crippen molar-refractivity contribution in [3.63, 3.8) is 0 Å². The molecule has 1 aliphatic carbocycles. The van der Waals surface area contributed by atoms with Gasteiger partial charge in [0.1, 0.15) is 4.90 Å². The van der Waals surface area contributed by atoms with Crippen LogP contribution in [0.15, 0.2) is 41.3 Å². The van der Waals surface area contributed by atoms with Crippen LogP contribution in [0.2, 0.25) is 5.02 Å². The van der Waals surface area contributed by atoms with Gasteiger partial charge in [-0.05, 0) is 67.1 Å². The number of hydrogen-bond donors (Lipinski definition) is 1. The van der Waals surface area contributed by atoms with Crippen LogP contribution in [0.25, 0.3) is 0 Å². The van der Waals surface area contributed by atoms with Gasteiger partial charge in [-0.25, -0.2) is 8.42 Å². The van der Waals surface area contributed by atoms with Gasteiger partial charge in [0.25, 0.3) is 10.0 Å². The molecular weight excluding hydrogens is 306 g/mol. The molecule has 0 saturated carbocycles. The zero-order valence-electron chi connectivity index (χ0n) is 11.7. The van der Waals surface area contributed by atoms with Crippen molar-refractivity contribution in [1.82, 2.24) is 0 Å². The fraction of sp³-hybridized carbons (Fsp3) is 0.250. The van der Waals surface area contributed by atoms with Gasteiger partial charge in [0, 0.05) is 5.69 Å². The van der Waals surface area contributed by atoms with Gasteiger partial charge in [0.15, 0.2) is 0 Å². The fourth-order valence-electron chi connectivity index (χ4n) is 2.67. The molecule has 0 aliphatic heterocycles. The third-order valence-corrected chi connectivity index (χ3v) is 5.59. The number of halogens is 1. The van der Waals surface area contributed by atoms with Crippen LogP contribution in [-0.4, -0.2) is 8.42 Å². The maximum absolute atomic E-state index is 12.4. The number of anilines is 1. The van der Waals surface area contributed by atoms with Crippen LogP contribution in [-0.2, 0) is 22.9 Å². The lowest BCUT2D eigenvalue weighted by molar-refractivity contribution is 0.601. The third kappa shape index (κ3) is 2.92. The summed E-state index contributed by atoms with van der Waals surface area (Å²) in [7, 11) is -3.66. The Morgan fingerprint density at radius 1 is 1.05 bits per heavy atom. The Kier molecular flexibility index (Phi) is 3.68. The zero-order valence-corrected chi connectivity index (χ0v) is 13.3. The molecule has 0 bridgehead atoms. The van der Waals surface area contributed by atoms with Gasteiger partial charge in [0.05, 0.1) is 5.02 Å². The summed E-state index contributed by atoms with van der Waals surface area (Å²) >= 11 is 6.05. The van der Waals surface area contributed by atoms with E-state index in [0.29, 0.717) is 5.69 Å². The molecule has 0 spiro atoms. The SMILES string of the molecule is Cc1ccc(S(=O)(=O)Nc2ccc3c(c2)CCC3)c(Cl)c1. The molecule has 110 valence electrons. The van der Waals surface area contributed by atoms with Crippen molar-refractivity contribution in [1.29, 1.82) is 0 Å². The minimum Gasteiger partial charge on any atom is -0.280 e. The number of fused-ring (bicyclic) bond motifs is 1. The van der Waals surface area contributed by atoms with Gasteiger partial charge in [-0.2, -0.15) is 0 Å². The number of hydrogen-bond acceptors (Lipinski definition) is 2. The van der Waals surface area contributed by atoms with Crippen molar-refractivity contribution in [2.45, 2.75) is 31.1 Å². The molecule has 5 heteroatoms. The Bertz CT molecular complexity index is 800. The van der Waals surface area contributed by atoms with E-state index in [1.54, 1.807) is 12.1 Å². The lowest BCUT2D eigenvalue weighted by atomic mass is 10.1. The van der Waals surface area contributed by atoms with Crippen LogP contribution in [0.5, 0.6) is 0 Å². The Labute approximate surface area is 130 Å². The summed E-state index contributed by atoms with van der Waals surface area (Å²) in [5.41, 5.74) is 4.06. The Balaban J connectivity index is 1.92. The molecule has 0 heterocycles. The highest BCUT2D eigenvalue weighted by Crippen LogP contribution is 2.28. The maximum atomic E-state index is 12.4. The molecule has 21 heavy (non-hydrogen) atoms. The van der Waals surface area contributed by atoms with Gasteiger partial charge in [-0.3, -0.25) is 4.72 Å². The van der Waals surface area contributed by atoms with Crippen molar-refractivity contribution in [2.24, 2.45) is 0 Å². The van der Waals surface area contributed by atoms with Gasteiger partial charge in [-0.1, -0.05) is 23.7 Å². The van der Waals surface area contributed by atoms with E-state index < -0.39 is 10.0 Å². The fourth-order valence-corrected chi connectivity index (χ4v) is 4.32. The van der Waals surface area contributed by atoms with Gasteiger partial charge in [-0.15, -0.1) is 0 Å². The van der Waals surface area contributed by atoms with Crippen LogP contribution >= 0.6 is 11.6 Å². The van der Waals surface area contributed by atoms with Crippen molar-refractivity contribution in [2.75, 3.05) is 4.72 Å². The first-order valence-corrected chi connectivity index (χ1v) is 8.72. The smallest absolute Gasteiger partial charge is 0.263 e. The third-order valence-electron chi connectivity index (χ3n) is 3.73. The second-order valence-electron chi connectivity index (χ2n) is 5.38. The minimum atomic E-state index is -3.66. The zero-order chi connectivity index (χ0) is 15.0. The highest BCUT2D eigenvalue weighted by atomic mass is 35.5. The van der Waals surface area contributed by atoms with Crippen LogP contribution < -0.4 is 4.72 Å². The molecule has 0 radical (unpaired) electrons. The summed E-state index contributed by atoms with van der Waals surface area (Å²) in [6.07, 6.45) is 3.22. The molecule has 3 nitrogen and oxygen atoms in total. The molecule has 0 atom stereocenters. The summed E-state index contributed by atoms with van der Waals surface area (Å²) in [4.78, 5) is 0.107. The number of nitrogens with one attached hydrogen (secondary N) is 1. The van der Waals surface area contributed by atoms with E-state index in [-0.39, 0.29) is 9.92 Å². The first-order valence-electron chi connectivity index (χ1n) is 6.86. The van der Waals surface area contributed by atoms with E-state index >= 15 is 0 Å². The largest absolute Gasteiger partial charge is 0.280 e. The number of rotatable bonds is 3. The first kappa shape index (κ1) is 14.4. The number of sulfonamides is 1. The highest BCUT2D eigenvalue weighted by molar-refractivity contribution is 7.92. The van der Waals surface area contributed by atoms with Crippen molar-refractivity contribution >= 4 is 27.3 Å². The van der Waals surface area contributed by atoms with Gasteiger partial charge in [0.2, 0.25) is 0 Å². The van der Waals surface area contributed by atoms with E-state index in [0.717, 1.165) is 24.8 Å². The molecule has 2 aromatic carbocycles. The molecule has 1 N–H and O–H groups in total.